The summed E-state index contributed by atoms with van der Waals surface area (Å²) in [4.78, 5) is 0. The summed E-state index contributed by atoms with van der Waals surface area (Å²) < 4.78 is 6.72. The van der Waals surface area contributed by atoms with E-state index in [0.717, 1.165) is 19.3 Å². The van der Waals surface area contributed by atoms with Gasteiger partial charge in [-0.1, -0.05) is 13.3 Å². The molecule has 0 bridgehead atoms. The lowest BCUT2D eigenvalue weighted by atomic mass is 10.1. The minimum atomic E-state index is 0.760. The van der Waals surface area contributed by atoms with Crippen LogP contribution in [0.25, 0.3) is 0 Å². The van der Waals surface area contributed by atoms with Crippen molar-refractivity contribution >= 4 is 0 Å². The van der Waals surface area contributed by atoms with Crippen LogP contribution >= 0.6 is 0 Å². The molecule has 0 aliphatic carbocycles. The third kappa shape index (κ3) is 2.68. The molecule has 0 aromatic rings. The fourth-order valence-corrected chi connectivity index (χ4v) is 2.18. The third-order valence-corrected chi connectivity index (χ3v) is 3.41. The molecule has 13 heavy (non-hydrogen) atoms. The molecule has 1 saturated heterocycles. The van der Waals surface area contributed by atoms with Crippen LogP contribution in [0.3, 0.4) is 0 Å². The molecule has 0 radical (unpaired) electrons. The predicted molar refractivity (Wildman–Crippen MR) is 55.7 cm³/mol. The molecule has 1 aliphatic heterocycles. The van der Waals surface area contributed by atoms with Gasteiger partial charge in [0.2, 0.25) is 0 Å². The Morgan fingerprint density at radius 2 is 1.85 bits per heavy atom. The molecule has 2 nitrogen and oxygen atoms in total. The van der Waals surface area contributed by atoms with Crippen molar-refractivity contribution in [2.45, 2.75) is 39.7 Å². The van der Waals surface area contributed by atoms with Crippen LogP contribution in [0.4, 0.5) is 0 Å². The van der Waals surface area contributed by atoms with Gasteiger partial charge in [0.15, 0.2) is 0 Å². The second-order valence-electron chi connectivity index (χ2n) is 4.45. The highest BCUT2D eigenvalue weighted by Crippen LogP contribution is 2.18. The van der Waals surface area contributed by atoms with E-state index in [1.54, 1.807) is 0 Å². The first-order valence-electron chi connectivity index (χ1n) is 5.65. The first-order valence-corrected chi connectivity index (χ1v) is 5.65. The lowest BCUT2D eigenvalue weighted by Crippen LogP contribution is -2.59. The Morgan fingerprint density at radius 3 is 2.31 bits per heavy atom. The molecule has 0 unspecified atom stereocenters. The van der Waals surface area contributed by atoms with Gasteiger partial charge in [0.25, 0.3) is 0 Å². The Kier molecular flexibility index (Phi) is 4.20. The van der Waals surface area contributed by atoms with Crippen LogP contribution in [-0.4, -0.2) is 43.4 Å². The maximum atomic E-state index is 5.44. The van der Waals surface area contributed by atoms with E-state index in [4.69, 9.17) is 4.74 Å². The smallest absolute Gasteiger partial charge is 0.103 e. The van der Waals surface area contributed by atoms with Gasteiger partial charge in [-0.05, 0) is 20.3 Å². The standard InChI is InChI=1S/C11H24NO/c1-4-5-6-12(11(2)3)7-9-13-10-8-12/h11H,4-10H2,1-3H3/q+1. The van der Waals surface area contributed by atoms with E-state index in [2.05, 4.69) is 20.8 Å². The summed E-state index contributed by atoms with van der Waals surface area (Å²) in [6.45, 7) is 12.7. The second-order valence-corrected chi connectivity index (χ2v) is 4.45. The summed E-state index contributed by atoms with van der Waals surface area (Å²) in [5, 5.41) is 0. The highest BCUT2D eigenvalue weighted by molar-refractivity contribution is 4.54. The molecule has 1 fully saturated rings. The average molecular weight is 186 g/mol. The maximum absolute atomic E-state index is 5.44. The molecule has 1 rings (SSSR count). The highest BCUT2D eigenvalue weighted by atomic mass is 16.5. The zero-order valence-corrected chi connectivity index (χ0v) is 9.38. The van der Waals surface area contributed by atoms with E-state index in [1.807, 2.05) is 0 Å². The Bertz CT molecular complexity index is 139. The Labute approximate surface area is 82.5 Å². The Hall–Kier alpha value is -0.0800. The lowest BCUT2D eigenvalue weighted by Gasteiger charge is -2.44. The molecule has 0 aromatic heterocycles. The van der Waals surface area contributed by atoms with Gasteiger partial charge in [0.1, 0.15) is 13.1 Å². The predicted octanol–water partition coefficient (Wildman–Crippen LogP) is 2.04. The summed E-state index contributed by atoms with van der Waals surface area (Å²) >= 11 is 0. The van der Waals surface area contributed by atoms with Crippen LogP contribution in [0.15, 0.2) is 0 Å². The van der Waals surface area contributed by atoms with Gasteiger partial charge >= 0.3 is 0 Å². The maximum Gasteiger partial charge on any atom is 0.103 e. The number of hydrogen-bond acceptors (Lipinski definition) is 1. The fourth-order valence-electron chi connectivity index (χ4n) is 2.18. The van der Waals surface area contributed by atoms with Gasteiger partial charge < -0.3 is 9.22 Å². The number of ether oxygens (including phenoxy) is 1. The van der Waals surface area contributed by atoms with E-state index in [-0.39, 0.29) is 0 Å². The normalized spacial score (nSPS) is 22.2. The zero-order valence-electron chi connectivity index (χ0n) is 9.38. The van der Waals surface area contributed by atoms with Crippen molar-refractivity contribution in [1.29, 1.82) is 0 Å². The number of unbranched alkanes of at least 4 members (excludes halogenated alkanes) is 1. The topological polar surface area (TPSA) is 9.23 Å². The Balaban J connectivity index is 2.51. The van der Waals surface area contributed by atoms with E-state index < -0.39 is 0 Å². The number of hydrogen-bond donors (Lipinski definition) is 0. The summed E-state index contributed by atoms with van der Waals surface area (Å²) in [6, 6.07) is 0.760. The molecule has 0 saturated carbocycles. The van der Waals surface area contributed by atoms with Crippen molar-refractivity contribution in [3.63, 3.8) is 0 Å². The van der Waals surface area contributed by atoms with Crippen LogP contribution in [0.1, 0.15) is 33.6 Å². The number of rotatable bonds is 4. The molecule has 1 aliphatic rings. The van der Waals surface area contributed by atoms with Crippen LogP contribution in [-0.2, 0) is 4.74 Å². The van der Waals surface area contributed by atoms with Gasteiger partial charge in [-0.25, -0.2) is 0 Å². The van der Waals surface area contributed by atoms with Crippen molar-refractivity contribution < 1.29 is 9.22 Å². The van der Waals surface area contributed by atoms with Gasteiger partial charge in [-0.3, -0.25) is 0 Å². The molecule has 0 aromatic carbocycles. The Morgan fingerprint density at radius 1 is 1.23 bits per heavy atom. The SMILES string of the molecule is CCCC[N+]1(C(C)C)CCOCC1. The largest absolute Gasteiger partial charge is 0.370 e. The molecular weight excluding hydrogens is 162 g/mol. The van der Waals surface area contributed by atoms with Crippen molar-refractivity contribution in [3.05, 3.63) is 0 Å². The first kappa shape index (κ1) is 11.0. The van der Waals surface area contributed by atoms with E-state index in [9.17, 15) is 0 Å². The van der Waals surface area contributed by atoms with Gasteiger partial charge in [-0.2, -0.15) is 0 Å². The van der Waals surface area contributed by atoms with Crippen molar-refractivity contribution in [2.24, 2.45) is 0 Å². The summed E-state index contributed by atoms with van der Waals surface area (Å²) in [7, 11) is 0. The number of morpholine rings is 1. The highest BCUT2D eigenvalue weighted by Gasteiger charge is 2.32. The van der Waals surface area contributed by atoms with Gasteiger partial charge in [0.05, 0.1) is 25.8 Å². The molecule has 2 heteroatoms. The van der Waals surface area contributed by atoms with E-state index in [1.165, 1.54) is 37.0 Å². The summed E-state index contributed by atoms with van der Waals surface area (Å²) in [5.74, 6) is 0. The van der Waals surface area contributed by atoms with Crippen LogP contribution < -0.4 is 0 Å². The minimum Gasteiger partial charge on any atom is -0.370 e. The zero-order chi connectivity index (χ0) is 9.73. The molecule has 0 N–H and O–H groups in total. The molecule has 1 heterocycles. The van der Waals surface area contributed by atoms with Gasteiger partial charge in [0, 0.05) is 0 Å². The van der Waals surface area contributed by atoms with Gasteiger partial charge in [-0.15, -0.1) is 0 Å². The first-order chi connectivity index (χ1) is 6.21. The van der Waals surface area contributed by atoms with Crippen LogP contribution in [0, 0.1) is 0 Å². The van der Waals surface area contributed by atoms with E-state index in [0.29, 0.717) is 0 Å². The van der Waals surface area contributed by atoms with E-state index >= 15 is 0 Å². The van der Waals surface area contributed by atoms with Crippen LogP contribution in [0.2, 0.25) is 0 Å². The summed E-state index contributed by atoms with van der Waals surface area (Å²) in [6.07, 6.45) is 2.67. The van der Waals surface area contributed by atoms with Crippen molar-refractivity contribution in [2.75, 3.05) is 32.8 Å². The molecule has 0 spiro atoms. The number of quaternary nitrogens is 1. The quantitative estimate of drug-likeness (QED) is 0.611. The molecule has 78 valence electrons. The average Bonchev–Trinajstić information content (AvgIpc) is 2.16. The third-order valence-electron chi connectivity index (χ3n) is 3.41. The lowest BCUT2D eigenvalue weighted by molar-refractivity contribution is -0.954. The molecule has 0 amide bonds. The number of nitrogens with zero attached hydrogens (tertiary/aromatic N) is 1. The monoisotopic (exact) mass is 186 g/mol. The molecule has 0 atom stereocenters. The summed E-state index contributed by atoms with van der Waals surface area (Å²) in [5.41, 5.74) is 0. The second kappa shape index (κ2) is 4.97. The van der Waals surface area contributed by atoms with Crippen molar-refractivity contribution in [3.8, 4) is 0 Å². The fraction of sp³-hybridized carbons (Fsp3) is 1.00. The van der Waals surface area contributed by atoms with Crippen molar-refractivity contribution in [1.82, 2.24) is 0 Å². The van der Waals surface area contributed by atoms with Crippen LogP contribution in [0.5, 0.6) is 0 Å². The molecular formula is C11H24NO+. The minimum absolute atomic E-state index is 0.760.